The number of nitrogens with zero attached hydrogens (tertiary/aromatic N) is 5. The van der Waals surface area contributed by atoms with Crippen LogP contribution in [0.2, 0.25) is 0 Å². The molecule has 4 heterocycles. The van der Waals surface area contributed by atoms with Crippen LogP contribution in [0.4, 0.5) is 0 Å². The second-order valence-electron chi connectivity index (χ2n) is 6.73. The molecule has 1 fully saturated rings. The highest BCUT2D eigenvalue weighted by molar-refractivity contribution is 7.13. The van der Waals surface area contributed by atoms with Crippen molar-refractivity contribution in [2.75, 3.05) is 13.1 Å². The lowest BCUT2D eigenvalue weighted by Crippen LogP contribution is -2.43. The second kappa shape index (κ2) is 8.15. The first-order valence-electron chi connectivity index (χ1n) is 9.18. The molecule has 8 nitrogen and oxygen atoms in total. The first-order chi connectivity index (χ1) is 13.6. The number of carbonyl (C=O) groups excluding carboxylic acids is 1. The van der Waals surface area contributed by atoms with E-state index >= 15 is 0 Å². The molecular weight excluding hydrogens is 378 g/mol. The van der Waals surface area contributed by atoms with Gasteiger partial charge in [-0.1, -0.05) is 5.16 Å². The number of carbonyl (C=O) groups is 1. The highest BCUT2D eigenvalue weighted by Gasteiger charge is 2.27. The lowest BCUT2D eigenvalue weighted by atomic mass is 10.1. The topological polar surface area (TPSA) is 94.2 Å². The van der Waals surface area contributed by atoms with E-state index < -0.39 is 0 Å². The van der Waals surface area contributed by atoms with Gasteiger partial charge in [-0.2, -0.15) is 4.98 Å². The van der Waals surface area contributed by atoms with Gasteiger partial charge in [0, 0.05) is 25.5 Å². The fraction of sp³-hybridized carbons (Fsp3) is 0.421. The largest absolute Gasteiger partial charge is 0.368 e. The van der Waals surface area contributed by atoms with E-state index in [0.717, 1.165) is 40.5 Å². The summed E-state index contributed by atoms with van der Waals surface area (Å²) in [5.74, 6) is 0.939. The number of aryl methyl sites for hydroxylation is 2. The fourth-order valence-corrected chi connectivity index (χ4v) is 4.13. The van der Waals surface area contributed by atoms with Crippen LogP contribution in [0, 0.1) is 13.8 Å². The standard InChI is InChI=1S/C19H21N5O3S/c1-12-17(28-13(2)21-12)19(25)24-8-4-6-15(10-24)26-11-16-22-18(27-23-16)14-5-3-7-20-9-14/h3,5,7,9,15H,4,6,8,10-11H2,1-2H3. The van der Waals surface area contributed by atoms with Crippen molar-refractivity contribution in [1.82, 2.24) is 25.0 Å². The molecule has 1 unspecified atom stereocenters. The van der Waals surface area contributed by atoms with Crippen molar-refractivity contribution < 1.29 is 14.1 Å². The summed E-state index contributed by atoms with van der Waals surface area (Å²) >= 11 is 1.45. The molecule has 0 aromatic carbocycles. The van der Waals surface area contributed by atoms with Crippen LogP contribution in [-0.2, 0) is 11.3 Å². The van der Waals surface area contributed by atoms with Gasteiger partial charge < -0.3 is 14.2 Å². The number of hydrogen-bond donors (Lipinski definition) is 0. The van der Waals surface area contributed by atoms with E-state index in [-0.39, 0.29) is 18.6 Å². The first kappa shape index (κ1) is 18.7. The van der Waals surface area contributed by atoms with Gasteiger partial charge in [-0.3, -0.25) is 9.78 Å². The zero-order valence-corrected chi connectivity index (χ0v) is 16.6. The molecule has 3 aromatic heterocycles. The lowest BCUT2D eigenvalue weighted by Gasteiger charge is -2.32. The Morgan fingerprint density at radius 3 is 3.04 bits per heavy atom. The van der Waals surface area contributed by atoms with Gasteiger partial charge in [0.05, 0.1) is 22.4 Å². The molecule has 0 saturated carbocycles. The average molecular weight is 399 g/mol. The zero-order valence-electron chi connectivity index (χ0n) is 15.8. The van der Waals surface area contributed by atoms with E-state index in [1.807, 2.05) is 30.9 Å². The van der Waals surface area contributed by atoms with Crippen LogP contribution >= 0.6 is 11.3 Å². The molecule has 0 bridgehead atoms. The molecule has 1 aliphatic rings. The number of hydrogen-bond acceptors (Lipinski definition) is 8. The summed E-state index contributed by atoms with van der Waals surface area (Å²) in [6.07, 6.45) is 5.12. The van der Waals surface area contributed by atoms with Crippen LogP contribution in [0.25, 0.3) is 11.5 Å². The van der Waals surface area contributed by atoms with E-state index in [1.54, 1.807) is 12.4 Å². The molecular formula is C19H21N5O3S. The van der Waals surface area contributed by atoms with Crippen LogP contribution in [0.3, 0.4) is 0 Å². The number of aromatic nitrogens is 4. The van der Waals surface area contributed by atoms with Crippen molar-refractivity contribution in [3.63, 3.8) is 0 Å². The van der Waals surface area contributed by atoms with E-state index in [0.29, 0.717) is 18.3 Å². The molecule has 4 rings (SSSR count). The Balaban J connectivity index is 1.35. The molecule has 1 amide bonds. The van der Waals surface area contributed by atoms with Gasteiger partial charge in [-0.05, 0) is 38.8 Å². The Bertz CT molecular complexity index is 956. The Hall–Kier alpha value is -2.65. The average Bonchev–Trinajstić information content (AvgIpc) is 3.33. The molecule has 0 radical (unpaired) electrons. The van der Waals surface area contributed by atoms with Gasteiger partial charge in [0.25, 0.3) is 11.8 Å². The fourth-order valence-electron chi connectivity index (χ4n) is 3.24. The number of likely N-dealkylation sites (tertiary alicyclic amines) is 1. The molecule has 146 valence electrons. The molecule has 0 N–H and O–H groups in total. The number of thiazole rings is 1. The Labute approximate surface area is 166 Å². The third kappa shape index (κ3) is 4.10. The van der Waals surface area contributed by atoms with Gasteiger partial charge in [-0.15, -0.1) is 11.3 Å². The van der Waals surface area contributed by atoms with Crippen LogP contribution in [0.5, 0.6) is 0 Å². The predicted molar refractivity (Wildman–Crippen MR) is 103 cm³/mol. The quantitative estimate of drug-likeness (QED) is 0.651. The van der Waals surface area contributed by atoms with E-state index in [1.165, 1.54) is 11.3 Å². The van der Waals surface area contributed by atoms with Crippen molar-refractivity contribution in [3.8, 4) is 11.5 Å². The Morgan fingerprint density at radius 2 is 2.29 bits per heavy atom. The normalized spacial score (nSPS) is 17.1. The van der Waals surface area contributed by atoms with Crippen LogP contribution in [0.1, 0.15) is 39.0 Å². The van der Waals surface area contributed by atoms with Crippen molar-refractivity contribution in [2.24, 2.45) is 0 Å². The van der Waals surface area contributed by atoms with E-state index in [4.69, 9.17) is 9.26 Å². The van der Waals surface area contributed by atoms with Crippen molar-refractivity contribution in [1.29, 1.82) is 0 Å². The Kier molecular flexibility index (Phi) is 5.45. The molecule has 28 heavy (non-hydrogen) atoms. The third-order valence-corrected chi connectivity index (χ3v) is 5.65. The number of amides is 1. The summed E-state index contributed by atoms with van der Waals surface area (Å²) < 4.78 is 11.2. The van der Waals surface area contributed by atoms with Crippen molar-refractivity contribution in [2.45, 2.75) is 39.4 Å². The predicted octanol–water partition coefficient (Wildman–Crippen LogP) is 3.03. The van der Waals surface area contributed by atoms with E-state index in [9.17, 15) is 4.79 Å². The maximum absolute atomic E-state index is 12.8. The number of rotatable bonds is 5. The minimum absolute atomic E-state index is 0.0369. The molecule has 0 aliphatic carbocycles. The summed E-state index contributed by atoms with van der Waals surface area (Å²) in [6, 6.07) is 3.68. The molecule has 1 saturated heterocycles. The monoisotopic (exact) mass is 399 g/mol. The van der Waals surface area contributed by atoms with Crippen LogP contribution in [-0.4, -0.2) is 50.1 Å². The maximum atomic E-state index is 12.8. The highest BCUT2D eigenvalue weighted by Crippen LogP contribution is 2.23. The summed E-state index contributed by atoms with van der Waals surface area (Å²) in [5.41, 5.74) is 1.57. The number of pyridine rings is 1. The third-order valence-electron chi connectivity index (χ3n) is 4.59. The lowest BCUT2D eigenvalue weighted by molar-refractivity contribution is -0.00950. The first-order valence-corrected chi connectivity index (χ1v) is 9.99. The SMILES string of the molecule is Cc1nc(C)c(C(=O)N2CCCC(OCc3noc(-c4cccnc4)n3)C2)s1. The van der Waals surface area contributed by atoms with Gasteiger partial charge in [0.1, 0.15) is 11.5 Å². The molecule has 1 atom stereocenters. The summed E-state index contributed by atoms with van der Waals surface area (Å²) in [5, 5.41) is 4.88. The number of ether oxygens (including phenoxy) is 1. The molecule has 9 heteroatoms. The zero-order chi connectivity index (χ0) is 19.5. The summed E-state index contributed by atoms with van der Waals surface area (Å²) in [6.45, 7) is 5.34. The van der Waals surface area contributed by atoms with E-state index in [2.05, 4.69) is 20.1 Å². The maximum Gasteiger partial charge on any atom is 0.265 e. The minimum Gasteiger partial charge on any atom is -0.368 e. The second-order valence-corrected chi connectivity index (χ2v) is 7.93. The van der Waals surface area contributed by atoms with Gasteiger partial charge >= 0.3 is 0 Å². The molecule has 0 spiro atoms. The summed E-state index contributed by atoms with van der Waals surface area (Å²) in [4.78, 5) is 28.1. The molecule has 1 aliphatic heterocycles. The van der Waals surface area contributed by atoms with Crippen molar-refractivity contribution in [3.05, 3.63) is 45.9 Å². The minimum atomic E-state index is -0.0487. The van der Waals surface area contributed by atoms with Gasteiger partial charge in [0.2, 0.25) is 0 Å². The molecule has 3 aromatic rings. The highest BCUT2D eigenvalue weighted by atomic mass is 32.1. The van der Waals surface area contributed by atoms with Gasteiger partial charge in [0.15, 0.2) is 5.82 Å². The summed E-state index contributed by atoms with van der Waals surface area (Å²) in [7, 11) is 0. The van der Waals surface area contributed by atoms with Crippen molar-refractivity contribution >= 4 is 17.2 Å². The Morgan fingerprint density at radius 1 is 1.39 bits per heavy atom. The smallest absolute Gasteiger partial charge is 0.265 e. The van der Waals surface area contributed by atoms with Crippen LogP contribution < -0.4 is 0 Å². The number of piperidine rings is 1. The van der Waals surface area contributed by atoms with Crippen LogP contribution in [0.15, 0.2) is 29.0 Å². The van der Waals surface area contributed by atoms with Gasteiger partial charge in [-0.25, -0.2) is 4.98 Å².